The summed E-state index contributed by atoms with van der Waals surface area (Å²) in [6, 6.07) is 7.10. The fourth-order valence-electron chi connectivity index (χ4n) is 2.66. The predicted molar refractivity (Wildman–Crippen MR) is 73.8 cm³/mol. The standard InChI is InChI=1S/C15H21NO3/c1-16(2)13-5-3-4-6-14(13)19-12-9-7-11(8-10-12)15(17)18/h7-10,13-14H,3-6H2,1-2H3,(H,17,18). The Bertz CT molecular complexity index is 428. The number of benzene rings is 1. The molecule has 1 aromatic rings. The molecule has 0 spiro atoms. The fraction of sp³-hybridized carbons (Fsp3) is 0.533. The second-order valence-electron chi connectivity index (χ2n) is 5.30. The van der Waals surface area contributed by atoms with Crippen LogP contribution in [0, 0.1) is 0 Å². The van der Waals surface area contributed by atoms with Gasteiger partial charge in [0.05, 0.1) is 5.56 Å². The second kappa shape index (κ2) is 6.06. The molecular formula is C15H21NO3. The van der Waals surface area contributed by atoms with Crippen LogP contribution in [0.4, 0.5) is 0 Å². The van der Waals surface area contributed by atoms with Crippen molar-refractivity contribution in [2.24, 2.45) is 0 Å². The van der Waals surface area contributed by atoms with E-state index < -0.39 is 5.97 Å². The van der Waals surface area contributed by atoms with Crippen LogP contribution < -0.4 is 4.74 Å². The van der Waals surface area contributed by atoms with E-state index in [1.165, 1.54) is 12.8 Å². The van der Waals surface area contributed by atoms with Crippen LogP contribution in [0.2, 0.25) is 0 Å². The van der Waals surface area contributed by atoms with Gasteiger partial charge in [0.2, 0.25) is 0 Å². The van der Waals surface area contributed by atoms with Crippen LogP contribution >= 0.6 is 0 Å². The summed E-state index contributed by atoms with van der Waals surface area (Å²) >= 11 is 0. The molecule has 0 saturated heterocycles. The normalized spacial score (nSPS) is 23.3. The Morgan fingerprint density at radius 3 is 2.42 bits per heavy atom. The lowest BCUT2D eigenvalue weighted by atomic mass is 9.91. The largest absolute Gasteiger partial charge is 0.489 e. The first-order chi connectivity index (χ1) is 9.08. The summed E-state index contributed by atoms with van der Waals surface area (Å²) in [4.78, 5) is 13.0. The first-order valence-electron chi connectivity index (χ1n) is 6.74. The minimum absolute atomic E-state index is 0.194. The molecule has 4 heteroatoms. The topological polar surface area (TPSA) is 49.8 Å². The predicted octanol–water partition coefficient (Wildman–Crippen LogP) is 2.64. The molecule has 1 aliphatic rings. The fourth-order valence-corrected chi connectivity index (χ4v) is 2.66. The molecule has 0 aliphatic heterocycles. The third-order valence-electron chi connectivity index (χ3n) is 3.72. The number of carbonyl (C=O) groups is 1. The molecule has 104 valence electrons. The Hall–Kier alpha value is -1.55. The van der Waals surface area contributed by atoms with Gasteiger partial charge in [0.1, 0.15) is 11.9 Å². The lowest BCUT2D eigenvalue weighted by Crippen LogP contribution is -2.44. The van der Waals surface area contributed by atoms with Crippen LogP contribution in [-0.2, 0) is 0 Å². The number of carboxylic acid groups (broad SMARTS) is 1. The van der Waals surface area contributed by atoms with Crippen molar-refractivity contribution in [2.45, 2.75) is 37.8 Å². The number of hydrogen-bond acceptors (Lipinski definition) is 3. The van der Waals surface area contributed by atoms with Gasteiger partial charge < -0.3 is 14.7 Å². The van der Waals surface area contributed by atoms with Gasteiger partial charge in [-0.2, -0.15) is 0 Å². The molecule has 2 rings (SSSR count). The van der Waals surface area contributed by atoms with Crippen LogP contribution in [-0.4, -0.2) is 42.2 Å². The Morgan fingerprint density at radius 1 is 1.21 bits per heavy atom. The number of hydrogen-bond donors (Lipinski definition) is 1. The first-order valence-corrected chi connectivity index (χ1v) is 6.74. The highest BCUT2D eigenvalue weighted by molar-refractivity contribution is 5.87. The zero-order valence-corrected chi connectivity index (χ0v) is 11.5. The van der Waals surface area contributed by atoms with Crippen LogP contribution in [0.25, 0.3) is 0 Å². The van der Waals surface area contributed by atoms with Crippen LogP contribution in [0.3, 0.4) is 0 Å². The minimum Gasteiger partial charge on any atom is -0.489 e. The Balaban J connectivity index is 2.04. The molecule has 2 atom stereocenters. The minimum atomic E-state index is -0.907. The Labute approximate surface area is 114 Å². The zero-order valence-electron chi connectivity index (χ0n) is 11.5. The lowest BCUT2D eigenvalue weighted by molar-refractivity contribution is 0.0622. The summed E-state index contributed by atoms with van der Waals surface area (Å²) in [7, 11) is 4.17. The van der Waals surface area contributed by atoms with Crippen molar-refractivity contribution >= 4 is 5.97 Å². The number of rotatable bonds is 4. The highest BCUT2D eigenvalue weighted by Gasteiger charge is 2.28. The van der Waals surface area contributed by atoms with Gasteiger partial charge >= 0.3 is 5.97 Å². The summed E-state index contributed by atoms with van der Waals surface area (Å²) in [5.41, 5.74) is 0.292. The Kier molecular flexibility index (Phi) is 4.43. The van der Waals surface area contributed by atoms with Crippen molar-refractivity contribution in [1.29, 1.82) is 0 Å². The smallest absolute Gasteiger partial charge is 0.335 e. The molecule has 0 amide bonds. The molecule has 0 radical (unpaired) electrons. The van der Waals surface area contributed by atoms with Gasteiger partial charge in [-0.15, -0.1) is 0 Å². The molecule has 2 unspecified atom stereocenters. The third kappa shape index (κ3) is 3.47. The van der Waals surface area contributed by atoms with Gasteiger partial charge in [0.15, 0.2) is 0 Å². The number of nitrogens with zero attached hydrogens (tertiary/aromatic N) is 1. The number of carboxylic acids is 1. The van der Waals surface area contributed by atoms with E-state index in [4.69, 9.17) is 9.84 Å². The van der Waals surface area contributed by atoms with Gasteiger partial charge in [0, 0.05) is 6.04 Å². The number of likely N-dealkylation sites (N-methyl/N-ethyl adjacent to an activating group) is 1. The lowest BCUT2D eigenvalue weighted by Gasteiger charge is -2.36. The molecule has 0 bridgehead atoms. The van der Waals surface area contributed by atoms with E-state index in [1.807, 2.05) is 0 Å². The van der Waals surface area contributed by atoms with Crippen molar-refractivity contribution < 1.29 is 14.6 Å². The maximum Gasteiger partial charge on any atom is 0.335 e. The van der Waals surface area contributed by atoms with Crippen LogP contribution in [0.1, 0.15) is 36.0 Å². The molecule has 1 aliphatic carbocycles. The average molecular weight is 263 g/mol. The molecule has 0 aromatic heterocycles. The molecule has 1 aromatic carbocycles. The number of ether oxygens (including phenoxy) is 1. The van der Waals surface area contributed by atoms with E-state index in [0.29, 0.717) is 11.6 Å². The van der Waals surface area contributed by atoms with E-state index in [9.17, 15) is 4.79 Å². The third-order valence-corrected chi connectivity index (χ3v) is 3.72. The summed E-state index contributed by atoms with van der Waals surface area (Å²) in [6.45, 7) is 0. The highest BCUT2D eigenvalue weighted by atomic mass is 16.5. The van der Waals surface area contributed by atoms with Crippen molar-refractivity contribution in [3.63, 3.8) is 0 Å². The molecule has 1 N–H and O–H groups in total. The summed E-state index contributed by atoms with van der Waals surface area (Å²) in [6.07, 6.45) is 4.86. The second-order valence-corrected chi connectivity index (χ2v) is 5.30. The quantitative estimate of drug-likeness (QED) is 0.907. The molecule has 19 heavy (non-hydrogen) atoms. The van der Waals surface area contributed by atoms with Gasteiger partial charge in [-0.25, -0.2) is 4.79 Å². The monoisotopic (exact) mass is 263 g/mol. The van der Waals surface area contributed by atoms with E-state index in [2.05, 4.69) is 19.0 Å². The molecule has 0 heterocycles. The van der Waals surface area contributed by atoms with E-state index in [-0.39, 0.29) is 6.10 Å². The summed E-state index contributed by atoms with van der Waals surface area (Å²) in [5.74, 6) is -0.154. The first kappa shape index (κ1) is 13.9. The van der Waals surface area contributed by atoms with Crippen molar-refractivity contribution in [3.8, 4) is 5.75 Å². The Morgan fingerprint density at radius 2 is 1.84 bits per heavy atom. The SMILES string of the molecule is CN(C)C1CCCCC1Oc1ccc(C(=O)O)cc1. The maximum atomic E-state index is 10.8. The van der Waals surface area contributed by atoms with Gasteiger partial charge in [-0.05, 0) is 57.6 Å². The van der Waals surface area contributed by atoms with Gasteiger partial charge in [0.25, 0.3) is 0 Å². The zero-order chi connectivity index (χ0) is 13.8. The van der Waals surface area contributed by atoms with E-state index in [1.54, 1.807) is 24.3 Å². The molecule has 1 fully saturated rings. The van der Waals surface area contributed by atoms with Gasteiger partial charge in [-0.1, -0.05) is 6.42 Å². The summed E-state index contributed by atoms with van der Waals surface area (Å²) < 4.78 is 6.03. The van der Waals surface area contributed by atoms with Gasteiger partial charge in [-0.3, -0.25) is 0 Å². The van der Waals surface area contributed by atoms with Crippen molar-refractivity contribution in [1.82, 2.24) is 4.90 Å². The maximum absolute atomic E-state index is 10.8. The summed E-state index contributed by atoms with van der Waals surface area (Å²) in [5, 5.41) is 8.86. The van der Waals surface area contributed by atoms with E-state index in [0.717, 1.165) is 18.6 Å². The van der Waals surface area contributed by atoms with Crippen LogP contribution in [0.5, 0.6) is 5.75 Å². The molecule has 1 saturated carbocycles. The van der Waals surface area contributed by atoms with Crippen molar-refractivity contribution in [2.75, 3.05) is 14.1 Å². The molecular weight excluding hydrogens is 242 g/mol. The molecule has 4 nitrogen and oxygen atoms in total. The van der Waals surface area contributed by atoms with Crippen molar-refractivity contribution in [3.05, 3.63) is 29.8 Å². The van der Waals surface area contributed by atoms with E-state index >= 15 is 0 Å². The average Bonchev–Trinajstić information content (AvgIpc) is 2.39. The highest BCUT2D eigenvalue weighted by Crippen LogP contribution is 2.26. The number of aromatic carboxylic acids is 1. The van der Waals surface area contributed by atoms with Crippen LogP contribution in [0.15, 0.2) is 24.3 Å².